The number of benzene rings is 3. The third-order valence-electron chi connectivity index (χ3n) is 4.20. The average Bonchev–Trinajstić information content (AvgIpc) is 2.71. The van der Waals surface area contributed by atoms with Crippen molar-refractivity contribution in [2.24, 2.45) is 0 Å². The molecule has 168 valence electrons. The van der Waals surface area contributed by atoms with Crippen molar-refractivity contribution in [2.45, 2.75) is 12.8 Å². The van der Waals surface area contributed by atoms with Crippen molar-refractivity contribution in [3.05, 3.63) is 81.8 Å². The molecule has 3 aromatic carbocycles. The van der Waals surface area contributed by atoms with Crippen molar-refractivity contribution < 1.29 is 32.5 Å². The van der Waals surface area contributed by atoms with Gasteiger partial charge in [0.25, 0.3) is 5.91 Å². The molecule has 0 heterocycles. The van der Waals surface area contributed by atoms with E-state index in [-0.39, 0.29) is 34.4 Å². The monoisotopic (exact) mass is 485 g/mol. The molecule has 0 saturated carbocycles. The Kier molecular flexibility index (Phi) is 7.37. The maximum absolute atomic E-state index is 12.6. The summed E-state index contributed by atoms with van der Waals surface area (Å²) in [5.41, 5.74) is 0.975. The molecular formula is C22H16Cl2F3NO4. The molecule has 32 heavy (non-hydrogen) atoms. The Hall–Kier alpha value is -3.10. The summed E-state index contributed by atoms with van der Waals surface area (Å²) in [4.78, 5) is 12.6. The highest BCUT2D eigenvalue weighted by Gasteiger charge is 2.30. The zero-order chi connectivity index (χ0) is 23.3. The highest BCUT2D eigenvalue weighted by molar-refractivity contribution is 6.31. The Morgan fingerprint density at radius 2 is 1.62 bits per heavy atom. The van der Waals surface area contributed by atoms with Crippen molar-refractivity contribution in [3.63, 3.8) is 0 Å². The number of carbonyl (C=O) groups excluding carboxylic acids is 1. The number of ether oxygens (including phenoxy) is 2. The summed E-state index contributed by atoms with van der Waals surface area (Å²) in [5, 5.41) is 13.2. The number of hydrogen-bond donors (Lipinski definition) is 2. The van der Waals surface area contributed by atoms with E-state index in [4.69, 9.17) is 27.9 Å². The first-order valence-electron chi connectivity index (χ1n) is 9.17. The number of phenolic OH excluding ortho intramolecular Hbond substituents is 1. The molecule has 0 fully saturated rings. The van der Waals surface area contributed by atoms with E-state index < -0.39 is 12.3 Å². The van der Waals surface area contributed by atoms with Gasteiger partial charge < -0.3 is 19.9 Å². The van der Waals surface area contributed by atoms with Gasteiger partial charge in [0.1, 0.15) is 17.2 Å². The van der Waals surface area contributed by atoms with Crippen LogP contribution in [0.4, 0.5) is 18.9 Å². The average molecular weight is 486 g/mol. The van der Waals surface area contributed by atoms with Gasteiger partial charge in [0.15, 0.2) is 0 Å². The molecule has 0 spiro atoms. The van der Waals surface area contributed by atoms with E-state index in [9.17, 15) is 23.1 Å². The summed E-state index contributed by atoms with van der Waals surface area (Å²) in [6.07, 6.45) is -4.36. The maximum atomic E-state index is 12.6. The third-order valence-corrected chi connectivity index (χ3v) is 4.67. The Morgan fingerprint density at radius 3 is 2.31 bits per heavy atom. The van der Waals surface area contributed by atoms with Gasteiger partial charge in [0.05, 0.1) is 17.9 Å². The van der Waals surface area contributed by atoms with Crippen LogP contribution in [-0.2, 0) is 6.42 Å². The molecule has 3 aromatic rings. The van der Waals surface area contributed by atoms with Crippen molar-refractivity contribution in [1.29, 1.82) is 0 Å². The van der Waals surface area contributed by atoms with Crippen molar-refractivity contribution in [2.75, 3.05) is 11.9 Å². The third kappa shape index (κ3) is 6.70. The molecule has 0 aliphatic heterocycles. The molecule has 0 saturated heterocycles. The molecule has 10 heteroatoms. The molecule has 0 unspecified atom stereocenters. The van der Waals surface area contributed by atoms with E-state index in [1.54, 1.807) is 12.1 Å². The number of phenols is 1. The lowest BCUT2D eigenvalue weighted by Gasteiger charge is -2.14. The second-order valence-electron chi connectivity index (χ2n) is 6.55. The van der Waals surface area contributed by atoms with Crippen LogP contribution in [0.1, 0.15) is 15.9 Å². The normalized spacial score (nSPS) is 11.2. The van der Waals surface area contributed by atoms with Crippen LogP contribution in [-0.4, -0.2) is 24.0 Å². The molecular weight excluding hydrogens is 470 g/mol. The minimum atomic E-state index is -4.75. The van der Waals surface area contributed by atoms with Crippen LogP contribution >= 0.6 is 23.2 Å². The fourth-order valence-electron chi connectivity index (χ4n) is 2.74. The number of amides is 1. The Morgan fingerprint density at radius 1 is 0.969 bits per heavy atom. The zero-order valence-electron chi connectivity index (χ0n) is 16.2. The predicted octanol–water partition coefficient (Wildman–Crippen LogP) is 6.47. The number of halogens is 5. The summed E-state index contributed by atoms with van der Waals surface area (Å²) in [7, 11) is 0. The number of alkyl halides is 3. The van der Waals surface area contributed by atoms with Crippen LogP contribution in [0.2, 0.25) is 10.0 Å². The minimum absolute atomic E-state index is 0.0235. The number of aromatic hydroxyl groups is 1. The van der Waals surface area contributed by atoms with E-state index in [2.05, 4.69) is 10.1 Å². The number of hydrogen-bond acceptors (Lipinski definition) is 4. The van der Waals surface area contributed by atoms with E-state index in [0.29, 0.717) is 17.2 Å². The summed E-state index contributed by atoms with van der Waals surface area (Å²) >= 11 is 11.9. The first-order chi connectivity index (χ1) is 15.1. The van der Waals surface area contributed by atoms with Crippen LogP contribution < -0.4 is 14.8 Å². The van der Waals surface area contributed by atoms with Gasteiger partial charge in [-0.1, -0.05) is 35.3 Å². The van der Waals surface area contributed by atoms with Gasteiger partial charge in [-0.25, -0.2) is 0 Å². The minimum Gasteiger partial charge on any atom is -0.507 e. The van der Waals surface area contributed by atoms with E-state index in [0.717, 1.165) is 5.56 Å². The number of rotatable bonds is 7. The summed E-state index contributed by atoms with van der Waals surface area (Å²) in [5.74, 6) is -0.845. The van der Waals surface area contributed by atoms with E-state index in [1.807, 2.05) is 0 Å². The predicted molar refractivity (Wildman–Crippen MR) is 115 cm³/mol. The highest BCUT2D eigenvalue weighted by atomic mass is 35.5. The van der Waals surface area contributed by atoms with Crippen molar-refractivity contribution in [3.8, 4) is 17.2 Å². The van der Waals surface area contributed by atoms with Gasteiger partial charge in [-0.05, 0) is 54.1 Å². The first kappa shape index (κ1) is 23.6. The molecule has 0 aromatic heterocycles. The van der Waals surface area contributed by atoms with Crippen molar-refractivity contribution >= 4 is 34.8 Å². The van der Waals surface area contributed by atoms with Crippen LogP contribution in [0, 0.1) is 0 Å². The Labute approximate surface area is 191 Å². The lowest BCUT2D eigenvalue weighted by molar-refractivity contribution is -0.274. The topological polar surface area (TPSA) is 67.8 Å². The SMILES string of the molecule is O=C(Nc1cc(Cl)ccc1OCCc1ccc(OC(F)(F)F)cc1)c1cc(Cl)ccc1O. The van der Waals surface area contributed by atoms with Crippen molar-refractivity contribution in [1.82, 2.24) is 0 Å². The van der Waals surface area contributed by atoms with E-state index >= 15 is 0 Å². The number of anilines is 1. The van der Waals surface area contributed by atoms with Crippen LogP contribution in [0.5, 0.6) is 17.2 Å². The lowest BCUT2D eigenvalue weighted by atomic mass is 10.1. The van der Waals surface area contributed by atoms with Gasteiger partial charge in [0.2, 0.25) is 0 Å². The van der Waals surface area contributed by atoms with Gasteiger partial charge in [0, 0.05) is 16.5 Å². The zero-order valence-corrected chi connectivity index (χ0v) is 17.8. The van der Waals surface area contributed by atoms with Crippen LogP contribution in [0.25, 0.3) is 0 Å². The van der Waals surface area contributed by atoms with Gasteiger partial charge in [-0.2, -0.15) is 0 Å². The smallest absolute Gasteiger partial charge is 0.507 e. The van der Waals surface area contributed by atoms with Gasteiger partial charge >= 0.3 is 6.36 Å². The second-order valence-corrected chi connectivity index (χ2v) is 7.42. The molecule has 2 N–H and O–H groups in total. The lowest BCUT2D eigenvalue weighted by Crippen LogP contribution is -2.17. The standard InChI is InChI=1S/C22H16Cl2F3NO4/c23-14-3-7-19(29)17(11-14)21(30)28-18-12-15(24)4-8-20(18)31-10-9-13-1-5-16(6-2-13)32-22(25,26)27/h1-8,11-12,29H,9-10H2,(H,28,30). The van der Waals surface area contributed by atoms with Crippen LogP contribution in [0.15, 0.2) is 60.7 Å². The van der Waals surface area contributed by atoms with Gasteiger partial charge in [-0.15, -0.1) is 13.2 Å². The largest absolute Gasteiger partial charge is 0.573 e. The van der Waals surface area contributed by atoms with Gasteiger partial charge in [-0.3, -0.25) is 4.79 Å². The quantitative estimate of drug-likeness (QED) is 0.402. The molecule has 0 aliphatic rings. The first-order valence-corrected chi connectivity index (χ1v) is 9.93. The summed E-state index contributed by atoms with van der Waals surface area (Å²) in [6.45, 7) is 0.173. The summed E-state index contributed by atoms with van der Waals surface area (Å²) < 4.78 is 46.3. The van der Waals surface area contributed by atoms with E-state index in [1.165, 1.54) is 48.5 Å². The molecule has 1 amide bonds. The molecule has 5 nitrogen and oxygen atoms in total. The Bertz CT molecular complexity index is 1110. The molecule has 0 radical (unpaired) electrons. The fraction of sp³-hybridized carbons (Fsp3) is 0.136. The second kappa shape index (κ2) is 10.0. The molecule has 3 rings (SSSR count). The van der Waals surface area contributed by atoms with Crippen LogP contribution in [0.3, 0.4) is 0 Å². The fourth-order valence-corrected chi connectivity index (χ4v) is 3.09. The number of nitrogens with one attached hydrogen (secondary N) is 1. The highest BCUT2D eigenvalue weighted by Crippen LogP contribution is 2.30. The Balaban J connectivity index is 1.65. The molecule has 0 aliphatic carbocycles. The summed E-state index contributed by atoms with van der Waals surface area (Å²) in [6, 6.07) is 14.1. The number of carbonyl (C=O) groups is 1. The molecule has 0 atom stereocenters. The maximum Gasteiger partial charge on any atom is 0.573 e. The molecule has 0 bridgehead atoms.